The number of amides is 2. The summed E-state index contributed by atoms with van der Waals surface area (Å²) in [4.78, 5) is 26.5. The van der Waals surface area contributed by atoms with Crippen LogP contribution in [0.25, 0.3) is 0 Å². The van der Waals surface area contributed by atoms with Gasteiger partial charge in [-0.2, -0.15) is 0 Å². The van der Waals surface area contributed by atoms with Gasteiger partial charge < -0.3 is 24.8 Å². The maximum atomic E-state index is 12.9. The summed E-state index contributed by atoms with van der Waals surface area (Å²) in [6, 6.07) is 4.35. The van der Waals surface area contributed by atoms with Crippen LogP contribution in [0.3, 0.4) is 0 Å². The standard InChI is InChI=1S/C17H22N2O5/c1-17(2,3)24-16(22)18-12-9-23-13-6-4-5-10-7-11(8-20)19(14(10)13)15(12)21/h4-6,11-12,20H,7-9H2,1-3H3,(H,18,22)/t11-,12-/m0/s1. The molecule has 0 saturated carbocycles. The van der Waals surface area contributed by atoms with Gasteiger partial charge in [0.1, 0.15) is 24.0 Å². The fourth-order valence-corrected chi connectivity index (χ4v) is 3.05. The molecule has 7 nitrogen and oxygen atoms in total. The first kappa shape index (κ1) is 16.6. The Morgan fingerprint density at radius 1 is 1.46 bits per heavy atom. The number of anilines is 1. The van der Waals surface area contributed by atoms with Gasteiger partial charge in [-0.15, -0.1) is 0 Å². The number of para-hydroxylation sites is 1. The number of aliphatic hydroxyl groups is 1. The summed E-state index contributed by atoms with van der Waals surface area (Å²) in [6.07, 6.45) is -0.108. The van der Waals surface area contributed by atoms with Crippen molar-refractivity contribution in [2.45, 2.75) is 44.9 Å². The number of carbonyl (C=O) groups excluding carboxylic acids is 2. The molecule has 7 heteroatoms. The van der Waals surface area contributed by atoms with Gasteiger partial charge in [0, 0.05) is 0 Å². The molecule has 1 aromatic carbocycles. The number of aliphatic hydroxyl groups excluding tert-OH is 1. The van der Waals surface area contributed by atoms with E-state index in [1.165, 1.54) is 0 Å². The van der Waals surface area contributed by atoms with Gasteiger partial charge in [0.2, 0.25) is 0 Å². The Kier molecular flexibility index (Phi) is 4.13. The van der Waals surface area contributed by atoms with E-state index < -0.39 is 17.7 Å². The lowest BCUT2D eigenvalue weighted by atomic mass is 10.1. The molecule has 2 aliphatic rings. The summed E-state index contributed by atoms with van der Waals surface area (Å²) in [7, 11) is 0. The fraction of sp³-hybridized carbons (Fsp3) is 0.529. The molecule has 2 N–H and O–H groups in total. The lowest BCUT2D eigenvalue weighted by molar-refractivity contribution is -0.121. The molecular weight excluding hydrogens is 312 g/mol. The predicted octanol–water partition coefficient (Wildman–Crippen LogP) is 1.22. The van der Waals surface area contributed by atoms with Crippen LogP contribution in [-0.4, -0.2) is 48.0 Å². The van der Waals surface area contributed by atoms with E-state index in [1.54, 1.807) is 31.7 Å². The van der Waals surface area contributed by atoms with Gasteiger partial charge in [-0.05, 0) is 38.8 Å². The van der Waals surface area contributed by atoms with Crippen molar-refractivity contribution in [3.05, 3.63) is 23.8 Å². The van der Waals surface area contributed by atoms with E-state index in [-0.39, 0.29) is 25.2 Å². The first-order valence-corrected chi connectivity index (χ1v) is 7.98. The number of ether oxygens (including phenoxy) is 2. The van der Waals surface area contributed by atoms with Crippen LogP contribution in [0.5, 0.6) is 5.75 Å². The normalized spacial score (nSPS) is 22.5. The Morgan fingerprint density at radius 2 is 2.21 bits per heavy atom. The zero-order chi connectivity index (χ0) is 17.5. The zero-order valence-corrected chi connectivity index (χ0v) is 14.0. The Morgan fingerprint density at radius 3 is 2.88 bits per heavy atom. The third-order valence-electron chi connectivity index (χ3n) is 3.99. The van der Waals surface area contributed by atoms with Crippen molar-refractivity contribution >= 4 is 17.7 Å². The highest BCUT2D eigenvalue weighted by atomic mass is 16.6. The molecule has 0 aliphatic carbocycles. The highest BCUT2D eigenvalue weighted by Gasteiger charge is 2.42. The van der Waals surface area contributed by atoms with E-state index in [0.29, 0.717) is 17.9 Å². The summed E-state index contributed by atoms with van der Waals surface area (Å²) in [5, 5.41) is 12.2. The highest BCUT2D eigenvalue weighted by Crippen LogP contribution is 2.41. The minimum atomic E-state index is -0.868. The number of rotatable bonds is 2. The number of hydrogen-bond acceptors (Lipinski definition) is 5. The number of carbonyl (C=O) groups is 2. The Bertz CT molecular complexity index is 667. The summed E-state index contributed by atoms with van der Waals surface area (Å²) in [5.41, 5.74) is 0.990. The molecule has 130 valence electrons. The zero-order valence-electron chi connectivity index (χ0n) is 14.0. The maximum absolute atomic E-state index is 12.9. The van der Waals surface area contributed by atoms with E-state index >= 15 is 0 Å². The van der Waals surface area contributed by atoms with Crippen LogP contribution in [0.15, 0.2) is 18.2 Å². The Labute approximate surface area is 140 Å². The molecule has 2 atom stereocenters. The average Bonchev–Trinajstić information content (AvgIpc) is 2.81. The minimum Gasteiger partial charge on any atom is -0.489 e. The maximum Gasteiger partial charge on any atom is 0.408 e. The third kappa shape index (κ3) is 3.03. The van der Waals surface area contributed by atoms with Gasteiger partial charge >= 0.3 is 6.09 Å². The fourth-order valence-electron chi connectivity index (χ4n) is 3.05. The van der Waals surface area contributed by atoms with Crippen molar-refractivity contribution in [1.82, 2.24) is 5.32 Å². The molecule has 0 saturated heterocycles. The van der Waals surface area contributed by atoms with Crippen molar-refractivity contribution < 1.29 is 24.2 Å². The van der Waals surface area contributed by atoms with Crippen LogP contribution in [0, 0.1) is 0 Å². The van der Waals surface area contributed by atoms with E-state index in [1.807, 2.05) is 12.1 Å². The molecular formula is C17H22N2O5. The number of alkyl carbamates (subject to hydrolysis) is 1. The second kappa shape index (κ2) is 5.98. The molecule has 0 spiro atoms. The summed E-state index contributed by atoms with van der Waals surface area (Å²) in [5.74, 6) is 0.286. The number of benzene rings is 1. The van der Waals surface area contributed by atoms with Gasteiger partial charge in [0.25, 0.3) is 5.91 Å². The van der Waals surface area contributed by atoms with E-state index in [0.717, 1.165) is 5.56 Å². The molecule has 3 rings (SSSR count). The smallest absolute Gasteiger partial charge is 0.408 e. The molecule has 2 amide bonds. The number of hydrogen-bond donors (Lipinski definition) is 2. The molecule has 0 fully saturated rings. The molecule has 0 radical (unpaired) electrons. The first-order chi connectivity index (χ1) is 11.3. The van der Waals surface area contributed by atoms with Crippen LogP contribution >= 0.6 is 0 Å². The second-order valence-corrected chi connectivity index (χ2v) is 7.02. The minimum absolute atomic E-state index is 0.0170. The first-order valence-electron chi connectivity index (χ1n) is 7.98. The van der Waals surface area contributed by atoms with Crippen molar-refractivity contribution in [2.24, 2.45) is 0 Å². The molecule has 0 bridgehead atoms. The van der Waals surface area contributed by atoms with Crippen molar-refractivity contribution in [3.63, 3.8) is 0 Å². The topological polar surface area (TPSA) is 88.1 Å². The van der Waals surface area contributed by atoms with Gasteiger partial charge in [0.15, 0.2) is 0 Å². The van der Waals surface area contributed by atoms with Crippen molar-refractivity contribution in [3.8, 4) is 5.75 Å². The van der Waals surface area contributed by atoms with Gasteiger partial charge in [-0.3, -0.25) is 4.79 Å². The van der Waals surface area contributed by atoms with Crippen LogP contribution in [0.4, 0.5) is 10.5 Å². The summed E-state index contributed by atoms with van der Waals surface area (Å²) in [6.45, 7) is 5.12. The van der Waals surface area contributed by atoms with Crippen LogP contribution in [0.2, 0.25) is 0 Å². The lowest BCUT2D eigenvalue weighted by Crippen LogP contribution is -2.53. The number of nitrogens with one attached hydrogen (secondary N) is 1. The molecule has 2 heterocycles. The lowest BCUT2D eigenvalue weighted by Gasteiger charge is -2.27. The predicted molar refractivity (Wildman–Crippen MR) is 87.2 cm³/mol. The third-order valence-corrected chi connectivity index (χ3v) is 3.99. The highest BCUT2D eigenvalue weighted by molar-refractivity contribution is 6.03. The molecule has 1 aromatic rings. The number of nitrogens with zero attached hydrogens (tertiary/aromatic N) is 1. The van der Waals surface area contributed by atoms with E-state index in [4.69, 9.17) is 9.47 Å². The molecule has 24 heavy (non-hydrogen) atoms. The second-order valence-electron chi connectivity index (χ2n) is 7.02. The molecule has 0 unspecified atom stereocenters. The van der Waals surface area contributed by atoms with Crippen molar-refractivity contribution in [2.75, 3.05) is 18.1 Å². The summed E-state index contributed by atoms with van der Waals surface area (Å²) < 4.78 is 10.9. The van der Waals surface area contributed by atoms with E-state index in [9.17, 15) is 14.7 Å². The van der Waals surface area contributed by atoms with Crippen LogP contribution in [0.1, 0.15) is 26.3 Å². The Hall–Kier alpha value is -2.28. The van der Waals surface area contributed by atoms with Gasteiger partial charge in [-0.25, -0.2) is 4.79 Å². The molecule has 0 aromatic heterocycles. The summed E-state index contributed by atoms with van der Waals surface area (Å²) >= 11 is 0. The van der Waals surface area contributed by atoms with Crippen LogP contribution < -0.4 is 15.0 Å². The average molecular weight is 334 g/mol. The SMILES string of the molecule is CC(C)(C)OC(=O)N[C@H]1COc2cccc3c2N(C1=O)[C@H](CO)C3. The largest absolute Gasteiger partial charge is 0.489 e. The Balaban J connectivity index is 1.85. The van der Waals surface area contributed by atoms with E-state index in [2.05, 4.69) is 5.32 Å². The van der Waals surface area contributed by atoms with Gasteiger partial charge in [-0.1, -0.05) is 12.1 Å². The van der Waals surface area contributed by atoms with Gasteiger partial charge in [0.05, 0.1) is 18.3 Å². The van der Waals surface area contributed by atoms with Crippen molar-refractivity contribution in [1.29, 1.82) is 0 Å². The quantitative estimate of drug-likeness (QED) is 0.849. The molecule has 2 aliphatic heterocycles. The monoisotopic (exact) mass is 334 g/mol. The van der Waals surface area contributed by atoms with Crippen LogP contribution in [-0.2, 0) is 16.0 Å².